The van der Waals surface area contributed by atoms with E-state index in [0.29, 0.717) is 16.6 Å². The number of nitriles is 1. The lowest BCUT2D eigenvalue weighted by Crippen LogP contribution is -2.24. The monoisotopic (exact) mass is 499 g/mol. The van der Waals surface area contributed by atoms with Crippen molar-refractivity contribution < 1.29 is 31.9 Å². The first-order chi connectivity index (χ1) is 16.7. The zero-order chi connectivity index (χ0) is 25.4. The van der Waals surface area contributed by atoms with Crippen molar-refractivity contribution in [2.75, 3.05) is 18.5 Å². The first-order valence-corrected chi connectivity index (χ1v) is 11.9. The number of nitrogens with zero attached hydrogens (tertiary/aromatic N) is 1. The van der Waals surface area contributed by atoms with E-state index in [9.17, 15) is 22.8 Å². The number of rotatable bonds is 9. The van der Waals surface area contributed by atoms with Gasteiger partial charge in [0, 0.05) is 41.7 Å². The van der Waals surface area contributed by atoms with Gasteiger partial charge in [-0.2, -0.15) is 5.26 Å². The molecule has 182 valence electrons. The Hall–Kier alpha value is -4.21. The number of carbonyl (C=O) groups is 2. The molecule has 0 aliphatic heterocycles. The number of ether oxygens (including phenoxy) is 2. The maximum atomic E-state index is 12.5. The Balaban J connectivity index is 1.72. The van der Waals surface area contributed by atoms with Gasteiger partial charge in [-0.25, -0.2) is 27.5 Å². The van der Waals surface area contributed by atoms with Gasteiger partial charge in [0.15, 0.2) is 0 Å². The van der Waals surface area contributed by atoms with Crippen molar-refractivity contribution in [3.63, 3.8) is 0 Å². The fourth-order valence-corrected chi connectivity index (χ4v) is 4.07. The highest BCUT2D eigenvalue weighted by Gasteiger charge is 2.16. The zero-order valence-corrected chi connectivity index (χ0v) is 19.4. The molecular formula is C23H21N3O8S. The topological polar surface area (TPSA) is 165 Å². The van der Waals surface area contributed by atoms with Crippen LogP contribution in [-0.4, -0.2) is 33.6 Å². The number of benzene rings is 2. The Kier molecular flexibility index (Phi) is 8.19. The van der Waals surface area contributed by atoms with Crippen LogP contribution in [0.2, 0.25) is 0 Å². The summed E-state index contributed by atoms with van der Waals surface area (Å²) in [6, 6.07) is 12.7. The van der Waals surface area contributed by atoms with Gasteiger partial charge in [0.1, 0.15) is 12.2 Å². The summed E-state index contributed by atoms with van der Waals surface area (Å²) in [6.07, 6.45) is -0.629. The predicted octanol–water partition coefficient (Wildman–Crippen LogP) is 2.91. The molecule has 0 spiro atoms. The SMILES string of the molecule is CCOC(=O)Nc1ccc2c(COC(=O)c3ccc(S(=O)(=O)NCCC#N)cc3)cc(=O)oc2c1. The Morgan fingerprint density at radius 1 is 1.09 bits per heavy atom. The Bertz CT molecular complexity index is 1440. The molecule has 0 atom stereocenters. The van der Waals surface area contributed by atoms with Gasteiger partial charge in [-0.3, -0.25) is 5.32 Å². The van der Waals surface area contributed by atoms with Gasteiger partial charge in [-0.1, -0.05) is 0 Å². The molecule has 0 saturated heterocycles. The van der Waals surface area contributed by atoms with Crippen molar-refractivity contribution in [2.24, 2.45) is 0 Å². The van der Waals surface area contributed by atoms with E-state index in [4.69, 9.17) is 19.2 Å². The summed E-state index contributed by atoms with van der Waals surface area (Å²) in [5, 5.41) is 11.5. The molecule has 1 heterocycles. The van der Waals surface area contributed by atoms with Crippen LogP contribution in [0.4, 0.5) is 10.5 Å². The van der Waals surface area contributed by atoms with Crippen molar-refractivity contribution >= 4 is 38.7 Å². The molecule has 12 heteroatoms. The standard InChI is InChI=1S/C23H21N3O8S/c1-2-32-23(29)26-17-6-9-19-16(12-21(27)34-20(19)13-17)14-33-22(28)15-4-7-18(8-5-15)35(30,31)25-11-3-10-24/h4-9,12-13,25H,2-3,11,14H2,1H3,(H,26,29). The Morgan fingerprint density at radius 2 is 1.83 bits per heavy atom. The fourth-order valence-electron chi connectivity index (χ4n) is 3.03. The van der Waals surface area contributed by atoms with Crippen molar-refractivity contribution in [1.82, 2.24) is 4.72 Å². The molecule has 3 aromatic rings. The number of hydrogen-bond donors (Lipinski definition) is 2. The summed E-state index contributed by atoms with van der Waals surface area (Å²) in [5.74, 6) is -0.728. The average molecular weight is 500 g/mol. The van der Waals surface area contributed by atoms with Crippen LogP contribution in [0.5, 0.6) is 0 Å². The van der Waals surface area contributed by atoms with Crippen LogP contribution in [0.1, 0.15) is 29.3 Å². The number of esters is 1. The second kappa shape index (κ2) is 11.3. The number of hydrogen-bond acceptors (Lipinski definition) is 9. The molecule has 0 aliphatic rings. The van der Waals surface area contributed by atoms with Crippen LogP contribution in [-0.2, 0) is 26.1 Å². The quantitative estimate of drug-likeness (QED) is 0.256. The first-order valence-electron chi connectivity index (χ1n) is 10.4. The van der Waals surface area contributed by atoms with Crippen LogP contribution in [0.15, 0.2) is 62.6 Å². The first kappa shape index (κ1) is 25.4. The third kappa shape index (κ3) is 6.66. The Labute approximate surface area is 200 Å². The molecule has 1 aromatic heterocycles. The summed E-state index contributed by atoms with van der Waals surface area (Å²) in [7, 11) is -3.81. The van der Waals surface area contributed by atoms with E-state index in [1.165, 1.54) is 36.4 Å². The number of sulfonamides is 1. The van der Waals surface area contributed by atoms with Gasteiger partial charge < -0.3 is 13.9 Å². The summed E-state index contributed by atoms with van der Waals surface area (Å²) in [4.78, 5) is 36.0. The molecule has 2 aromatic carbocycles. The normalized spacial score (nSPS) is 11.0. The van der Waals surface area contributed by atoms with Crippen LogP contribution in [0.25, 0.3) is 11.0 Å². The molecule has 0 bridgehead atoms. The molecule has 0 radical (unpaired) electrons. The van der Waals surface area contributed by atoms with Gasteiger partial charge in [0.2, 0.25) is 10.0 Å². The number of nitrogens with one attached hydrogen (secondary N) is 2. The molecule has 3 rings (SSSR count). The van der Waals surface area contributed by atoms with Crippen LogP contribution >= 0.6 is 0 Å². The molecule has 35 heavy (non-hydrogen) atoms. The van der Waals surface area contributed by atoms with Gasteiger partial charge in [0.25, 0.3) is 0 Å². The summed E-state index contributed by atoms with van der Waals surface area (Å²) >= 11 is 0. The van der Waals surface area contributed by atoms with Crippen LogP contribution < -0.4 is 15.7 Å². The minimum Gasteiger partial charge on any atom is -0.457 e. The van der Waals surface area contributed by atoms with E-state index < -0.39 is 27.7 Å². The highest BCUT2D eigenvalue weighted by molar-refractivity contribution is 7.89. The molecule has 2 N–H and O–H groups in total. The highest BCUT2D eigenvalue weighted by atomic mass is 32.2. The van der Waals surface area contributed by atoms with Gasteiger partial charge >= 0.3 is 17.7 Å². The number of fused-ring (bicyclic) bond motifs is 1. The summed E-state index contributed by atoms with van der Waals surface area (Å²) in [5.41, 5.74) is 0.347. The highest BCUT2D eigenvalue weighted by Crippen LogP contribution is 2.22. The lowest BCUT2D eigenvalue weighted by atomic mass is 10.1. The number of carbonyl (C=O) groups excluding carboxylic acids is 2. The molecule has 11 nitrogen and oxygen atoms in total. The maximum Gasteiger partial charge on any atom is 0.411 e. The van der Waals surface area contributed by atoms with Crippen LogP contribution in [0.3, 0.4) is 0 Å². The fraction of sp³-hybridized carbons (Fsp3) is 0.217. The van der Waals surface area contributed by atoms with E-state index in [1.807, 2.05) is 6.07 Å². The van der Waals surface area contributed by atoms with E-state index in [-0.39, 0.29) is 42.2 Å². The van der Waals surface area contributed by atoms with Gasteiger partial charge in [-0.05, 0) is 43.3 Å². The Morgan fingerprint density at radius 3 is 2.51 bits per heavy atom. The average Bonchev–Trinajstić information content (AvgIpc) is 2.82. The predicted molar refractivity (Wildman–Crippen MR) is 124 cm³/mol. The minimum atomic E-state index is -3.81. The van der Waals surface area contributed by atoms with Gasteiger partial charge in [0.05, 0.1) is 23.1 Å². The summed E-state index contributed by atoms with van der Waals surface area (Å²) in [6.45, 7) is 1.59. The van der Waals surface area contributed by atoms with E-state index >= 15 is 0 Å². The lowest BCUT2D eigenvalue weighted by molar-refractivity contribution is 0.0473. The van der Waals surface area contributed by atoms with E-state index in [2.05, 4.69) is 10.0 Å². The van der Waals surface area contributed by atoms with Crippen molar-refractivity contribution in [3.8, 4) is 6.07 Å². The van der Waals surface area contributed by atoms with E-state index in [0.717, 1.165) is 0 Å². The maximum absolute atomic E-state index is 12.5. The second-order valence-corrected chi connectivity index (χ2v) is 8.82. The minimum absolute atomic E-state index is 0.0258. The molecule has 1 amide bonds. The third-order valence-corrected chi connectivity index (χ3v) is 6.12. The second-order valence-electron chi connectivity index (χ2n) is 7.05. The third-order valence-electron chi connectivity index (χ3n) is 4.64. The molecule has 0 unspecified atom stereocenters. The molecular weight excluding hydrogens is 478 g/mol. The number of amides is 1. The van der Waals surface area contributed by atoms with Crippen LogP contribution in [0, 0.1) is 11.3 Å². The van der Waals surface area contributed by atoms with Crippen molar-refractivity contribution in [2.45, 2.75) is 24.8 Å². The van der Waals surface area contributed by atoms with Crippen molar-refractivity contribution in [1.29, 1.82) is 5.26 Å². The van der Waals surface area contributed by atoms with E-state index in [1.54, 1.807) is 19.1 Å². The summed E-state index contributed by atoms with van der Waals surface area (Å²) < 4.78 is 41.9. The van der Waals surface area contributed by atoms with Crippen molar-refractivity contribution in [3.05, 3.63) is 70.1 Å². The van der Waals surface area contributed by atoms with Gasteiger partial charge in [-0.15, -0.1) is 0 Å². The largest absolute Gasteiger partial charge is 0.457 e. The molecule has 0 aliphatic carbocycles. The lowest BCUT2D eigenvalue weighted by Gasteiger charge is -2.10. The number of anilines is 1. The smallest absolute Gasteiger partial charge is 0.411 e. The molecule has 0 saturated carbocycles. The molecule has 0 fully saturated rings. The zero-order valence-electron chi connectivity index (χ0n) is 18.6.